The molecule has 0 unspecified atom stereocenters. The highest BCUT2D eigenvalue weighted by Gasteiger charge is 2.23. The third-order valence-electron chi connectivity index (χ3n) is 1.57. The number of rotatable bonds is 1. The quantitative estimate of drug-likeness (QED) is 0.545. The lowest BCUT2D eigenvalue weighted by molar-refractivity contribution is 0.517. The van der Waals surface area contributed by atoms with Crippen LogP contribution < -0.4 is 0 Å². The van der Waals surface area contributed by atoms with E-state index >= 15 is 0 Å². The normalized spacial score (nSPS) is 21.7. The summed E-state index contributed by atoms with van der Waals surface area (Å²) < 4.78 is 0.491. The van der Waals surface area contributed by atoms with Crippen molar-refractivity contribution in [3.63, 3.8) is 0 Å². The van der Waals surface area contributed by atoms with Crippen LogP contribution in [0.3, 0.4) is 0 Å². The first-order valence-corrected chi connectivity index (χ1v) is 4.64. The first-order valence-electron chi connectivity index (χ1n) is 3.76. The minimum Gasteiger partial charge on any atom is -0.153 e. The van der Waals surface area contributed by atoms with Gasteiger partial charge in [0.05, 0.1) is 0 Å². The smallest absolute Gasteiger partial charge is 0.00778 e. The Bertz CT molecular complexity index is 87.2. The molecule has 0 nitrogen and oxygen atoms in total. The highest BCUT2D eigenvalue weighted by molar-refractivity contribution is 8.01. The molecule has 1 aliphatic carbocycles. The lowest BCUT2D eigenvalue weighted by atomic mass is 10.00. The summed E-state index contributed by atoms with van der Waals surface area (Å²) in [6.07, 6.45) is 4.39. The maximum absolute atomic E-state index is 2.30. The second-order valence-corrected chi connectivity index (χ2v) is 5.91. The van der Waals surface area contributed by atoms with Crippen LogP contribution in [-0.4, -0.2) is 10.00 Å². The summed E-state index contributed by atoms with van der Waals surface area (Å²) in [5.74, 6) is 0. The van der Waals surface area contributed by atoms with Crippen molar-refractivity contribution in [2.75, 3.05) is 0 Å². The average molecular weight is 144 g/mol. The standard InChI is InChI=1S/C8H16S/c1-8(2,3)9-7-5-4-6-7/h7H,4-6H2,1-3H3. The highest BCUT2D eigenvalue weighted by Crippen LogP contribution is 2.38. The van der Waals surface area contributed by atoms with E-state index in [2.05, 4.69) is 32.5 Å². The van der Waals surface area contributed by atoms with Crippen molar-refractivity contribution in [3.8, 4) is 0 Å². The first-order chi connectivity index (χ1) is 4.08. The molecule has 0 aromatic carbocycles. The minimum atomic E-state index is 0.491. The van der Waals surface area contributed by atoms with Gasteiger partial charge in [0.25, 0.3) is 0 Å². The summed E-state index contributed by atoms with van der Waals surface area (Å²) in [4.78, 5) is 0. The Kier molecular flexibility index (Phi) is 2.10. The van der Waals surface area contributed by atoms with Crippen molar-refractivity contribution in [2.24, 2.45) is 0 Å². The van der Waals surface area contributed by atoms with E-state index < -0.39 is 0 Å². The van der Waals surface area contributed by atoms with Crippen molar-refractivity contribution in [2.45, 2.75) is 50.0 Å². The van der Waals surface area contributed by atoms with Crippen LogP contribution >= 0.6 is 11.8 Å². The second-order valence-electron chi connectivity index (χ2n) is 3.78. The Morgan fingerprint density at radius 3 is 1.89 bits per heavy atom. The predicted molar refractivity (Wildman–Crippen MR) is 45.0 cm³/mol. The van der Waals surface area contributed by atoms with Gasteiger partial charge in [-0.25, -0.2) is 0 Å². The van der Waals surface area contributed by atoms with Crippen molar-refractivity contribution >= 4 is 11.8 Å². The van der Waals surface area contributed by atoms with Crippen molar-refractivity contribution < 1.29 is 0 Å². The molecule has 0 N–H and O–H groups in total. The summed E-state index contributed by atoms with van der Waals surface area (Å²) in [5.41, 5.74) is 0. The molecule has 0 heterocycles. The lowest BCUT2D eigenvalue weighted by Gasteiger charge is -2.31. The van der Waals surface area contributed by atoms with Crippen LogP contribution in [0, 0.1) is 0 Å². The molecular formula is C8H16S. The van der Waals surface area contributed by atoms with E-state index in [-0.39, 0.29) is 0 Å². The minimum absolute atomic E-state index is 0.491. The van der Waals surface area contributed by atoms with Crippen LogP contribution in [0.1, 0.15) is 40.0 Å². The highest BCUT2D eigenvalue weighted by atomic mass is 32.2. The molecule has 9 heavy (non-hydrogen) atoms. The van der Waals surface area contributed by atoms with Crippen LogP contribution in [0.4, 0.5) is 0 Å². The number of hydrogen-bond acceptors (Lipinski definition) is 1. The maximum atomic E-state index is 2.30. The molecule has 0 spiro atoms. The van der Waals surface area contributed by atoms with E-state index in [9.17, 15) is 0 Å². The van der Waals surface area contributed by atoms with E-state index in [0.29, 0.717) is 4.75 Å². The molecule has 54 valence electrons. The van der Waals surface area contributed by atoms with E-state index in [1.807, 2.05) is 0 Å². The van der Waals surface area contributed by atoms with Crippen LogP contribution in [0.5, 0.6) is 0 Å². The summed E-state index contributed by atoms with van der Waals surface area (Å²) in [6, 6.07) is 0. The van der Waals surface area contributed by atoms with Crippen molar-refractivity contribution in [3.05, 3.63) is 0 Å². The average Bonchev–Trinajstić information content (AvgIpc) is 1.53. The fourth-order valence-electron chi connectivity index (χ4n) is 0.989. The van der Waals surface area contributed by atoms with Crippen molar-refractivity contribution in [1.82, 2.24) is 0 Å². The summed E-state index contributed by atoms with van der Waals surface area (Å²) in [6.45, 7) is 6.90. The van der Waals surface area contributed by atoms with Gasteiger partial charge in [-0.3, -0.25) is 0 Å². The fourth-order valence-corrected chi connectivity index (χ4v) is 2.56. The first kappa shape index (κ1) is 7.46. The van der Waals surface area contributed by atoms with Crippen LogP contribution in [-0.2, 0) is 0 Å². The van der Waals surface area contributed by atoms with Crippen LogP contribution in [0.25, 0.3) is 0 Å². The van der Waals surface area contributed by atoms with Gasteiger partial charge in [-0.2, -0.15) is 11.8 Å². The van der Waals surface area contributed by atoms with Crippen LogP contribution in [0.15, 0.2) is 0 Å². The molecule has 0 aliphatic heterocycles. The summed E-state index contributed by atoms with van der Waals surface area (Å²) >= 11 is 2.14. The Labute approximate surface area is 62.4 Å². The largest absolute Gasteiger partial charge is 0.153 e. The molecular weight excluding hydrogens is 128 g/mol. The Morgan fingerprint density at radius 1 is 1.22 bits per heavy atom. The summed E-state index contributed by atoms with van der Waals surface area (Å²) in [7, 11) is 0. The molecule has 0 aromatic rings. The van der Waals surface area contributed by atoms with E-state index in [4.69, 9.17) is 0 Å². The zero-order valence-corrected chi connectivity index (χ0v) is 7.42. The van der Waals surface area contributed by atoms with Gasteiger partial charge >= 0.3 is 0 Å². The zero-order valence-electron chi connectivity index (χ0n) is 6.61. The fraction of sp³-hybridized carbons (Fsp3) is 1.00. The SMILES string of the molecule is CC(C)(C)SC1CCC1. The topological polar surface area (TPSA) is 0 Å². The Hall–Kier alpha value is 0.350. The molecule has 0 bridgehead atoms. The molecule has 0 amide bonds. The second kappa shape index (κ2) is 2.53. The zero-order chi connectivity index (χ0) is 6.91. The molecule has 0 aromatic heterocycles. The van der Waals surface area contributed by atoms with Gasteiger partial charge < -0.3 is 0 Å². The van der Waals surface area contributed by atoms with E-state index in [1.54, 1.807) is 0 Å². The van der Waals surface area contributed by atoms with Gasteiger partial charge in [0.15, 0.2) is 0 Å². The third kappa shape index (κ3) is 2.61. The number of thioether (sulfide) groups is 1. The monoisotopic (exact) mass is 144 g/mol. The summed E-state index contributed by atoms with van der Waals surface area (Å²) in [5, 5.41) is 0.991. The van der Waals surface area contributed by atoms with E-state index in [1.165, 1.54) is 19.3 Å². The molecule has 1 fully saturated rings. The molecule has 1 rings (SSSR count). The molecule has 1 aliphatic rings. The van der Waals surface area contributed by atoms with Gasteiger partial charge in [-0.1, -0.05) is 27.2 Å². The molecule has 0 radical (unpaired) electrons. The van der Waals surface area contributed by atoms with Gasteiger partial charge in [0.1, 0.15) is 0 Å². The third-order valence-corrected chi connectivity index (χ3v) is 3.08. The lowest BCUT2D eigenvalue weighted by Crippen LogP contribution is -2.21. The van der Waals surface area contributed by atoms with Crippen LogP contribution in [0.2, 0.25) is 0 Å². The molecule has 1 heteroatoms. The van der Waals surface area contributed by atoms with Gasteiger partial charge in [0, 0.05) is 10.00 Å². The van der Waals surface area contributed by atoms with E-state index in [0.717, 1.165) is 5.25 Å². The van der Waals surface area contributed by atoms with Gasteiger partial charge in [-0.15, -0.1) is 0 Å². The Morgan fingerprint density at radius 2 is 1.78 bits per heavy atom. The predicted octanol–water partition coefficient (Wildman–Crippen LogP) is 3.07. The van der Waals surface area contributed by atoms with Crippen molar-refractivity contribution in [1.29, 1.82) is 0 Å². The van der Waals surface area contributed by atoms with Gasteiger partial charge in [-0.05, 0) is 12.8 Å². The maximum Gasteiger partial charge on any atom is 0.00778 e. The number of hydrogen-bond donors (Lipinski definition) is 0. The molecule has 1 saturated carbocycles. The molecule has 0 saturated heterocycles. The Balaban J connectivity index is 2.16. The molecule has 0 atom stereocenters. The van der Waals surface area contributed by atoms with Gasteiger partial charge in [0.2, 0.25) is 0 Å².